The van der Waals surface area contributed by atoms with Gasteiger partial charge in [0, 0.05) is 31.5 Å². The quantitative estimate of drug-likeness (QED) is 0.715. The van der Waals surface area contributed by atoms with E-state index in [0.29, 0.717) is 25.5 Å². The van der Waals surface area contributed by atoms with Gasteiger partial charge in [-0.05, 0) is 12.1 Å². The largest absolute Gasteiger partial charge is 0.497 e. The first-order valence-corrected chi connectivity index (χ1v) is 8.20. The average Bonchev–Trinajstić information content (AvgIpc) is 3.32. The molecule has 3 aromatic rings. The predicted octanol–water partition coefficient (Wildman–Crippen LogP) is 2.03. The highest BCUT2D eigenvalue weighted by Gasteiger charge is 2.34. The van der Waals surface area contributed by atoms with Crippen molar-refractivity contribution in [2.45, 2.75) is 25.4 Å². The minimum absolute atomic E-state index is 0.247. The van der Waals surface area contributed by atoms with Crippen LogP contribution >= 0.6 is 0 Å². The van der Waals surface area contributed by atoms with Crippen molar-refractivity contribution in [1.82, 2.24) is 24.8 Å². The predicted molar refractivity (Wildman–Crippen MR) is 90.0 cm³/mol. The summed E-state index contributed by atoms with van der Waals surface area (Å²) < 4.78 is 25.2. The number of aromatic nitrogens is 4. The molecule has 0 unspecified atom stereocenters. The van der Waals surface area contributed by atoms with E-state index in [-0.39, 0.29) is 6.61 Å². The van der Waals surface area contributed by atoms with Crippen LogP contribution in [0.3, 0.4) is 0 Å². The summed E-state index contributed by atoms with van der Waals surface area (Å²) in [4.78, 5) is 16.9. The molecule has 2 aromatic heterocycles. The summed E-state index contributed by atoms with van der Waals surface area (Å²) in [5.74, 6) is 2.27. The van der Waals surface area contributed by atoms with Crippen molar-refractivity contribution in [3.05, 3.63) is 42.2 Å². The second kappa shape index (κ2) is 6.81. The topological polar surface area (TPSA) is 79.1 Å². The molecule has 4 rings (SSSR count). The molecule has 0 bridgehead atoms. The van der Waals surface area contributed by atoms with Crippen LogP contribution in [0.15, 0.2) is 30.6 Å². The number of halogens is 1. The minimum atomic E-state index is -1.01. The van der Waals surface area contributed by atoms with Crippen molar-refractivity contribution in [1.29, 1.82) is 0 Å². The minimum Gasteiger partial charge on any atom is -0.497 e. The van der Waals surface area contributed by atoms with Gasteiger partial charge in [0.05, 0.1) is 24.7 Å². The molecule has 1 fully saturated rings. The second-order valence-electron chi connectivity index (χ2n) is 6.16. The molecule has 1 aliphatic heterocycles. The lowest BCUT2D eigenvalue weighted by molar-refractivity contribution is 0.00859. The van der Waals surface area contributed by atoms with E-state index >= 15 is 0 Å². The number of fused-ring (bicyclic) bond motifs is 1. The van der Waals surface area contributed by atoms with Gasteiger partial charge in [0.25, 0.3) is 0 Å². The highest BCUT2D eigenvalue weighted by atomic mass is 19.1. The van der Waals surface area contributed by atoms with Crippen LogP contribution in [-0.2, 0) is 17.9 Å². The fourth-order valence-electron chi connectivity index (χ4n) is 3.11. The van der Waals surface area contributed by atoms with Gasteiger partial charge in [0.2, 0.25) is 0 Å². The summed E-state index contributed by atoms with van der Waals surface area (Å²) >= 11 is 0. The summed E-state index contributed by atoms with van der Waals surface area (Å²) in [6.07, 6.45) is 1.99. The number of benzene rings is 1. The maximum atomic E-state index is 14.2. The Labute approximate surface area is 144 Å². The lowest BCUT2D eigenvalue weighted by atomic mass is 10.3. The second-order valence-corrected chi connectivity index (χ2v) is 6.16. The van der Waals surface area contributed by atoms with Crippen molar-refractivity contribution in [2.75, 3.05) is 20.2 Å². The molecular formula is C17H20FN5O2. The molecule has 0 amide bonds. The molecule has 1 aliphatic rings. The van der Waals surface area contributed by atoms with Crippen LogP contribution in [0.25, 0.3) is 11.0 Å². The standard InChI is InChI=1S/C17H20FN5O2/c1-24-11-2-3-13-14(6-11)22-17(21-13)10-25-15-8-23(7-12(15)18)9-16-19-4-5-20-16/h2-6,12,15H,7-10H2,1H3,(H,19,20)(H,21,22)/t12-,15+/m1/s1. The first kappa shape index (κ1) is 16.0. The van der Waals surface area contributed by atoms with Crippen LogP contribution in [0, 0.1) is 0 Å². The van der Waals surface area contributed by atoms with Crippen LogP contribution < -0.4 is 4.74 Å². The lowest BCUT2D eigenvalue weighted by Gasteiger charge is -2.14. The maximum Gasteiger partial charge on any atom is 0.140 e. The Kier molecular flexibility index (Phi) is 4.37. The lowest BCUT2D eigenvalue weighted by Crippen LogP contribution is -2.24. The van der Waals surface area contributed by atoms with Crippen LogP contribution in [0.4, 0.5) is 4.39 Å². The van der Waals surface area contributed by atoms with Crippen LogP contribution in [0.5, 0.6) is 5.75 Å². The molecule has 0 radical (unpaired) electrons. The highest BCUT2D eigenvalue weighted by Crippen LogP contribution is 2.21. The van der Waals surface area contributed by atoms with Gasteiger partial charge in [0.15, 0.2) is 0 Å². The first-order chi connectivity index (χ1) is 12.2. The van der Waals surface area contributed by atoms with E-state index in [1.165, 1.54) is 0 Å². The van der Waals surface area contributed by atoms with E-state index in [4.69, 9.17) is 9.47 Å². The first-order valence-electron chi connectivity index (χ1n) is 8.20. The Bertz CT molecular complexity index is 835. The third-order valence-electron chi connectivity index (χ3n) is 4.37. The van der Waals surface area contributed by atoms with Gasteiger partial charge in [-0.25, -0.2) is 14.4 Å². The van der Waals surface area contributed by atoms with Crippen molar-refractivity contribution in [2.24, 2.45) is 0 Å². The van der Waals surface area contributed by atoms with E-state index in [0.717, 1.165) is 22.6 Å². The molecule has 25 heavy (non-hydrogen) atoms. The smallest absolute Gasteiger partial charge is 0.140 e. The SMILES string of the molecule is COc1ccc2nc(CO[C@H]3CN(Cc4ncc[nH]4)C[C@H]3F)[nH]c2c1. The van der Waals surface area contributed by atoms with E-state index in [2.05, 4.69) is 19.9 Å². The highest BCUT2D eigenvalue weighted by molar-refractivity contribution is 5.76. The molecule has 3 heterocycles. The number of hydrogen-bond donors (Lipinski definition) is 2. The molecule has 0 spiro atoms. The number of hydrogen-bond acceptors (Lipinski definition) is 5. The van der Waals surface area contributed by atoms with Crippen LogP contribution in [0.1, 0.15) is 11.6 Å². The van der Waals surface area contributed by atoms with Gasteiger partial charge in [-0.15, -0.1) is 0 Å². The Morgan fingerprint density at radius 2 is 2.24 bits per heavy atom. The molecule has 7 nitrogen and oxygen atoms in total. The third-order valence-corrected chi connectivity index (χ3v) is 4.37. The number of methoxy groups -OCH3 is 1. The zero-order valence-electron chi connectivity index (χ0n) is 13.9. The van der Waals surface area contributed by atoms with E-state index in [1.807, 2.05) is 23.1 Å². The molecule has 1 aromatic carbocycles. The molecule has 8 heteroatoms. The summed E-state index contributed by atoms with van der Waals surface area (Å²) in [7, 11) is 1.62. The van der Waals surface area contributed by atoms with Gasteiger partial charge in [-0.3, -0.25) is 4.90 Å². The molecule has 0 aliphatic carbocycles. The van der Waals surface area contributed by atoms with Crippen molar-refractivity contribution < 1.29 is 13.9 Å². The Balaban J connectivity index is 1.36. The maximum absolute atomic E-state index is 14.2. The molecule has 1 saturated heterocycles. The van der Waals surface area contributed by atoms with Crippen LogP contribution in [-0.4, -0.2) is 57.3 Å². The summed E-state index contributed by atoms with van der Waals surface area (Å²) in [5, 5.41) is 0. The van der Waals surface area contributed by atoms with E-state index in [1.54, 1.807) is 19.5 Å². The van der Waals surface area contributed by atoms with Gasteiger partial charge >= 0.3 is 0 Å². The number of alkyl halides is 1. The number of aromatic amines is 2. The summed E-state index contributed by atoms with van der Waals surface area (Å²) in [6, 6.07) is 5.62. The van der Waals surface area contributed by atoms with Gasteiger partial charge in [-0.2, -0.15) is 0 Å². The molecule has 2 atom stereocenters. The molecular weight excluding hydrogens is 325 g/mol. The van der Waals surface area contributed by atoms with Gasteiger partial charge in [0.1, 0.15) is 36.3 Å². The van der Waals surface area contributed by atoms with Crippen molar-refractivity contribution in [3.8, 4) is 5.75 Å². The Hall–Kier alpha value is -2.45. The number of nitrogens with one attached hydrogen (secondary N) is 2. The number of ether oxygens (including phenoxy) is 2. The Morgan fingerprint density at radius 1 is 1.32 bits per heavy atom. The van der Waals surface area contributed by atoms with E-state index < -0.39 is 12.3 Å². The fourth-order valence-corrected chi connectivity index (χ4v) is 3.11. The summed E-state index contributed by atoms with van der Waals surface area (Å²) in [5.41, 5.74) is 1.71. The van der Waals surface area contributed by atoms with Crippen LogP contribution in [0.2, 0.25) is 0 Å². The molecule has 132 valence electrons. The molecule has 2 N–H and O–H groups in total. The zero-order valence-corrected chi connectivity index (χ0v) is 13.9. The Morgan fingerprint density at radius 3 is 3.04 bits per heavy atom. The molecule has 0 saturated carbocycles. The monoisotopic (exact) mass is 345 g/mol. The number of nitrogens with zero attached hydrogens (tertiary/aromatic N) is 3. The fraction of sp³-hybridized carbons (Fsp3) is 0.412. The number of H-pyrrole nitrogens is 2. The van der Waals surface area contributed by atoms with Gasteiger partial charge < -0.3 is 19.4 Å². The third kappa shape index (κ3) is 3.49. The normalized spacial score (nSPS) is 21.2. The zero-order chi connectivity index (χ0) is 17.2. The van der Waals surface area contributed by atoms with E-state index in [9.17, 15) is 4.39 Å². The van der Waals surface area contributed by atoms with Gasteiger partial charge in [-0.1, -0.05) is 0 Å². The number of likely N-dealkylation sites (tertiary alicyclic amines) is 1. The summed E-state index contributed by atoms with van der Waals surface area (Å²) in [6.45, 7) is 1.73. The number of rotatable bonds is 6. The average molecular weight is 345 g/mol. The van der Waals surface area contributed by atoms with Crippen molar-refractivity contribution in [3.63, 3.8) is 0 Å². The van der Waals surface area contributed by atoms with Crippen molar-refractivity contribution >= 4 is 11.0 Å². The number of imidazole rings is 2.